The van der Waals surface area contributed by atoms with Gasteiger partial charge in [0, 0.05) is 19.7 Å². The van der Waals surface area contributed by atoms with Crippen molar-refractivity contribution >= 4 is 5.97 Å². The SMILES string of the molecule is COCCN(C)C1CCC(C(=O)O)CC1. The molecular weight excluding hydrogens is 194 g/mol. The van der Waals surface area contributed by atoms with Gasteiger partial charge in [0.1, 0.15) is 0 Å². The zero-order valence-corrected chi connectivity index (χ0v) is 9.61. The molecule has 1 aliphatic carbocycles. The molecule has 1 rings (SSSR count). The molecule has 88 valence electrons. The number of hydrogen-bond acceptors (Lipinski definition) is 3. The first-order chi connectivity index (χ1) is 7.15. The van der Waals surface area contributed by atoms with E-state index >= 15 is 0 Å². The number of carbonyl (C=O) groups is 1. The number of hydrogen-bond donors (Lipinski definition) is 1. The third kappa shape index (κ3) is 3.80. The van der Waals surface area contributed by atoms with Crippen molar-refractivity contribution in [2.45, 2.75) is 31.7 Å². The average Bonchev–Trinajstić information content (AvgIpc) is 2.26. The number of rotatable bonds is 5. The number of carboxylic acids is 1. The van der Waals surface area contributed by atoms with E-state index in [9.17, 15) is 4.79 Å². The fraction of sp³-hybridized carbons (Fsp3) is 0.909. The molecule has 0 aromatic heterocycles. The molecule has 0 aliphatic heterocycles. The Hall–Kier alpha value is -0.610. The van der Waals surface area contributed by atoms with Crippen molar-refractivity contribution in [3.05, 3.63) is 0 Å². The van der Waals surface area contributed by atoms with E-state index in [4.69, 9.17) is 9.84 Å². The lowest BCUT2D eigenvalue weighted by molar-refractivity contribution is -0.143. The van der Waals surface area contributed by atoms with Crippen LogP contribution in [0.4, 0.5) is 0 Å². The Kier molecular flexibility index (Phi) is 5.05. The van der Waals surface area contributed by atoms with Gasteiger partial charge in [-0.3, -0.25) is 4.79 Å². The molecule has 15 heavy (non-hydrogen) atoms. The first-order valence-corrected chi connectivity index (χ1v) is 5.57. The molecule has 4 heteroatoms. The van der Waals surface area contributed by atoms with Gasteiger partial charge in [-0.15, -0.1) is 0 Å². The van der Waals surface area contributed by atoms with Crippen LogP contribution in [-0.4, -0.2) is 49.3 Å². The Morgan fingerprint density at radius 1 is 1.40 bits per heavy atom. The fourth-order valence-corrected chi connectivity index (χ4v) is 2.18. The molecule has 0 unspecified atom stereocenters. The highest BCUT2D eigenvalue weighted by Crippen LogP contribution is 2.26. The number of ether oxygens (including phenoxy) is 1. The van der Waals surface area contributed by atoms with Crippen molar-refractivity contribution in [1.29, 1.82) is 0 Å². The maximum atomic E-state index is 10.8. The first-order valence-electron chi connectivity index (χ1n) is 5.57. The molecule has 0 amide bonds. The summed E-state index contributed by atoms with van der Waals surface area (Å²) in [6.45, 7) is 1.67. The lowest BCUT2D eigenvalue weighted by Crippen LogP contribution is -2.38. The lowest BCUT2D eigenvalue weighted by atomic mass is 9.85. The predicted octanol–water partition coefficient (Wildman–Crippen LogP) is 1.21. The topological polar surface area (TPSA) is 49.8 Å². The van der Waals surface area contributed by atoms with Gasteiger partial charge in [-0.05, 0) is 32.7 Å². The molecule has 1 fully saturated rings. The van der Waals surface area contributed by atoms with Crippen molar-refractivity contribution < 1.29 is 14.6 Å². The molecule has 1 N–H and O–H groups in total. The van der Waals surface area contributed by atoms with E-state index in [1.165, 1.54) is 0 Å². The Morgan fingerprint density at radius 3 is 2.47 bits per heavy atom. The van der Waals surface area contributed by atoms with Gasteiger partial charge in [-0.2, -0.15) is 0 Å². The third-order valence-corrected chi connectivity index (χ3v) is 3.32. The second kappa shape index (κ2) is 6.08. The number of methoxy groups -OCH3 is 1. The maximum Gasteiger partial charge on any atom is 0.306 e. The minimum Gasteiger partial charge on any atom is -0.481 e. The molecule has 0 spiro atoms. The number of aliphatic carboxylic acids is 1. The monoisotopic (exact) mass is 215 g/mol. The van der Waals surface area contributed by atoms with Gasteiger partial charge in [0.15, 0.2) is 0 Å². The van der Waals surface area contributed by atoms with Crippen molar-refractivity contribution in [2.75, 3.05) is 27.3 Å². The molecule has 0 aromatic rings. The zero-order valence-electron chi connectivity index (χ0n) is 9.61. The van der Waals surface area contributed by atoms with Crippen molar-refractivity contribution in [1.82, 2.24) is 4.90 Å². The summed E-state index contributed by atoms with van der Waals surface area (Å²) in [5.41, 5.74) is 0. The second-order valence-electron chi connectivity index (χ2n) is 4.32. The molecule has 1 saturated carbocycles. The van der Waals surface area contributed by atoms with Gasteiger partial charge in [-0.25, -0.2) is 0 Å². The normalized spacial score (nSPS) is 26.9. The second-order valence-corrected chi connectivity index (χ2v) is 4.32. The minimum atomic E-state index is -0.631. The third-order valence-electron chi connectivity index (χ3n) is 3.32. The van der Waals surface area contributed by atoms with Gasteiger partial charge in [-0.1, -0.05) is 0 Å². The standard InChI is InChI=1S/C11H21NO3/c1-12(7-8-15-2)10-5-3-9(4-6-10)11(13)14/h9-10H,3-8H2,1-2H3,(H,13,14). The Morgan fingerprint density at radius 2 is 2.00 bits per heavy atom. The van der Waals surface area contributed by atoms with E-state index in [0.29, 0.717) is 6.04 Å². The van der Waals surface area contributed by atoms with Gasteiger partial charge < -0.3 is 14.7 Å². The highest BCUT2D eigenvalue weighted by atomic mass is 16.5. The summed E-state index contributed by atoms with van der Waals surface area (Å²) in [4.78, 5) is 13.0. The van der Waals surface area contributed by atoms with Crippen LogP contribution >= 0.6 is 0 Å². The predicted molar refractivity (Wildman–Crippen MR) is 57.9 cm³/mol. The minimum absolute atomic E-state index is 0.114. The van der Waals surface area contributed by atoms with E-state index in [0.717, 1.165) is 38.8 Å². The van der Waals surface area contributed by atoms with Gasteiger partial charge in [0.05, 0.1) is 12.5 Å². The summed E-state index contributed by atoms with van der Waals surface area (Å²) >= 11 is 0. The number of likely N-dealkylation sites (N-methyl/N-ethyl adjacent to an activating group) is 1. The quantitative estimate of drug-likeness (QED) is 0.749. The zero-order chi connectivity index (χ0) is 11.3. The van der Waals surface area contributed by atoms with Crippen LogP contribution in [0, 0.1) is 5.92 Å². The average molecular weight is 215 g/mol. The van der Waals surface area contributed by atoms with E-state index in [-0.39, 0.29) is 5.92 Å². The van der Waals surface area contributed by atoms with Crippen LogP contribution < -0.4 is 0 Å². The molecule has 0 aromatic carbocycles. The van der Waals surface area contributed by atoms with Crippen LogP contribution in [0.3, 0.4) is 0 Å². The van der Waals surface area contributed by atoms with Gasteiger partial charge >= 0.3 is 5.97 Å². The molecule has 0 radical (unpaired) electrons. The molecule has 0 saturated heterocycles. The van der Waals surface area contributed by atoms with E-state index in [1.807, 2.05) is 0 Å². The highest BCUT2D eigenvalue weighted by Gasteiger charge is 2.27. The lowest BCUT2D eigenvalue weighted by Gasteiger charge is -2.33. The molecule has 1 aliphatic rings. The molecule has 0 bridgehead atoms. The summed E-state index contributed by atoms with van der Waals surface area (Å²) in [5, 5.41) is 8.87. The van der Waals surface area contributed by atoms with Crippen LogP contribution in [0.15, 0.2) is 0 Å². The summed E-state index contributed by atoms with van der Waals surface area (Å²) in [6.07, 6.45) is 3.63. The smallest absolute Gasteiger partial charge is 0.306 e. The summed E-state index contributed by atoms with van der Waals surface area (Å²) in [7, 11) is 3.79. The molecule has 0 atom stereocenters. The molecular formula is C11H21NO3. The Labute approximate surface area is 91.2 Å². The van der Waals surface area contributed by atoms with Crippen LogP contribution in [0.2, 0.25) is 0 Å². The van der Waals surface area contributed by atoms with Crippen molar-refractivity contribution in [3.8, 4) is 0 Å². The van der Waals surface area contributed by atoms with Crippen molar-refractivity contribution in [3.63, 3.8) is 0 Å². The van der Waals surface area contributed by atoms with Crippen LogP contribution in [0.1, 0.15) is 25.7 Å². The molecule has 0 heterocycles. The maximum absolute atomic E-state index is 10.8. The van der Waals surface area contributed by atoms with E-state index < -0.39 is 5.97 Å². The van der Waals surface area contributed by atoms with E-state index in [2.05, 4.69) is 11.9 Å². The highest BCUT2D eigenvalue weighted by molar-refractivity contribution is 5.70. The summed E-state index contributed by atoms with van der Waals surface area (Å²) in [5.74, 6) is -0.745. The van der Waals surface area contributed by atoms with Crippen LogP contribution in [-0.2, 0) is 9.53 Å². The first kappa shape index (κ1) is 12.5. The Balaban J connectivity index is 2.27. The van der Waals surface area contributed by atoms with Gasteiger partial charge in [0.25, 0.3) is 0 Å². The fourth-order valence-electron chi connectivity index (χ4n) is 2.18. The van der Waals surface area contributed by atoms with Crippen LogP contribution in [0.5, 0.6) is 0 Å². The van der Waals surface area contributed by atoms with Crippen LogP contribution in [0.25, 0.3) is 0 Å². The Bertz CT molecular complexity index is 200. The van der Waals surface area contributed by atoms with E-state index in [1.54, 1.807) is 7.11 Å². The summed E-state index contributed by atoms with van der Waals surface area (Å²) in [6, 6.07) is 0.538. The summed E-state index contributed by atoms with van der Waals surface area (Å²) < 4.78 is 5.03. The van der Waals surface area contributed by atoms with Crippen molar-refractivity contribution in [2.24, 2.45) is 5.92 Å². The largest absolute Gasteiger partial charge is 0.481 e. The molecule has 4 nitrogen and oxygen atoms in total. The van der Waals surface area contributed by atoms with Gasteiger partial charge in [0.2, 0.25) is 0 Å². The number of carboxylic acid groups (broad SMARTS) is 1. The number of nitrogens with zero attached hydrogens (tertiary/aromatic N) is 1.